The lowest BCUT2D eigenvalue weighted by Gasteiger charge is -2.35. The first-order valence-electron chi connectivity index (χ1n) is 5.25. The SMILES string of the molecule is [CH2]CC(C)C(C)C(C)(C)CCC. The van der Waals surface area contributed by atoms with Gasteiger partial charge in [-0.2, -0.15) is 0 Å². The van der Waals surface area contributed by atoms with Gasteiger partial charge in [0.1, 0.15) is 0 Å². The summed E-state index contributed by atoms with van der Waals surface area (Å²) in [7, 11) is 0. The Morgan fingerprint density at radius 1 is 1.25 bits per heavy atom. The Bertz CT molecular complexity index is 113. The van der Waals surface area contributed by atoms with Crippen molar-refractivity contribution < 1.29 is 0 Å². The molecule has 2 atom stereocenters. The van der Waals surface area contributed by atoms with Crippen molar-refractivity contribution in [3.05, 3.63) is 6.92 Å². The smallest absolute Gasteiger partial charge is 0.0326 e. The standard InChI is InChI=1S/C12H25/c1-7-9-12(5,6)11(4)10(3)8-2/h10-11H,2,7-9H2,1,3-6H3. The van der Waals surface area contributed by atoms with E-state index in [-0.39, 0.29) is 0 Å². The van der Waals surface area contributed by atoms with Crippen LogP contribution in [-0.4, -0.2) is 0 Å². The molecule has 0 aromatic heterocycles. The van der Waals surface area contributed by atoms with Crippen molar-refractivity contribution in [3.63, 3.8) is 0 Å². The van der Waals surface area contributed by atoms with Crippen molar-refractivity contribution in [2.45, 2.75) is 53.9 Å². The number of hydrogen-bond acceptors (Lipinski definition) is 0. The average molecular weight is 169 g/mol. The number of hydrogen-bond donors (Lipinski definition) is 0. The molecule has 0 bridgehead atoms. The Morgan fingerprint density at radius 2 is 1.75 bits per heavy atom. The zero-order valence-electron chi connectivity index (χ0n) is 9.48. The molecule has 0 spiro atoms. The molecule has 0 N–H and O–H groups in total. The highest BCUT2D eigenvalue weighted by molar-refractivity contribution is 4.78. The fourth-order valence-corrected chi connectivity index (χ4v) is 1.89. The van der Waals surface area contributed by atoms with E-state index in [1.54, 1.807) is 0 Å². The van der Waals surface area contributed by atoms with Crippen molar-refractivity contribution in [2.75, 3.05) is 0 Å². The van der Waals surface area contributed by atoms with E-state index in [9.17, 15) is 0 Å². The molecule has 0 heterocycles. The molecule has 0 heteroatoms. The minimum absolute atomic E-state index is 0.492. The summed E-state index contributed by atoms with van der Waals surface area (Å²) in [6.07, 6.45) is 3.69. The minimum Gasteiger partial charge on any atom is -0.0654 e. The fraction of sp³-hybridized carbons (Fsp3) is 0.917. The van der Waals surface area contributed by atoms with Gasteiger partial charge < -0.3 is 0 Å². The third kappa shape index (κ3) is 3.16. The molecule has 0 saturated heterocycles. The quantitative estimate of drug-likeness (QED) is 0.575. The van der Waals surface area contributed by atoms with Gasteiger partial charge in [-0.3, -0.25) is 0 Å². The van der Waals surface area contributed by atoms with Crippen LogP contribution in [0.4, 0.5) is 0 Å². The van der Waals surface area contributed by atoms with Gasteiger partial charge in [-0.25, -0.2) is 0 Å². The Balaban J connectivity index is 4.13. The Kier molecular flexibility index (Phi) is 4.89. The van der Waals surface area contributed by atoms with Crippen LogP contribution in [0, 0.1) is 24.2 Å². The summed E-state index contributed by atoms with van der Waals surface area (Å²) in [4.78, 5) is 0. The normalized spacial score (nSPS) is 17.5. The molecule has 0 aliphatic rings. The molecule has 0 fully saturated rings. The average Bonchev–Trinajstić information content (AvgIpc) is 2.01. The van der Waals surface area contributed by atoms with Gasteiger partial charge in [0.15, 0.2) is 0 Å². The summed E-state index contributed by atoms with van der Waals surface area (Å²) in [5.41, 5.74) is 0.492. The molecule has 0 aliphatic heterocycles. The lowest BCUT2D eigenvalue weighted by molar-refractivity contribution is 0.151. The van der Waals surface area contributed by atoms with Gasteiger partial charge in [0.25, 0.3) is 0 Å². The van der Waals surface area contributed by atoms with Crippen molar-refractivity contribution in [1.29, 1.82) is 0 Å². The van der Waals surface area contributed by atoms with Gasteiger partial charge in [0.2, 0.25) is 0 Å². The van der Waals surface area contributed by atoms with Gasteiger partial charge in [0, 0.05) is 0 Å². The largest absolute Gasteiger partial charge is 0.0654 e. The second kappa shape index (κ2) is 4.89. The van der Waals surface area contributed by atoms with Gasteiger partial charge >= 0.3 is 0 Å². The predicted octanol–water partition coefficient (Wildman–Crippen LogP) is 4.31. The van der Waals surface area contributed by atoms with E-state index < -0.39 is 0 Å². The fourth-order valence-electron chi connectivity index (χ4n) is 1.89. The molecule has 0 aromatic carbocycles. The van der Waals surface area contributed by atoms with E-state index in [1.807, 2.05) is 0 Å². The van der Waals surface area contributed by atoms with Gasteiger partial charge in [-0.1, -0.05) is 54.4 Å². The van der Waals surface area contributed by atoms with Crippen LogP contribution in [0.3, 0.4) is 0 Å². The van der Waals surface area contributed by atoms with E-state index in [4.69, 9.17) is 0 Å². The topological polar surface area (TPSA) is 0 Å². The highest BCUT2D eigenvalue weighted by atomic mass is 14.3. The van der Waals surface area contributed by atoms with E-state index in [2.05, 4.69) is 41.5 Å². The molecule has 0 aromatic rings. The van der Waals surface area contributed by atoms with Crippen LogP contribution < -0.4 is 0 Å². The van der Waals surface area contributed by atoms with Gasteiger partial charge in [-0.05, 0) is 23.7 Å². The molecule has 0 aliphatic carbocycles. The first kappa shape index (κ1) is 12.0. The highest BCUT2D eigenvalue weighted by Crippen LogP contribution is 2.37. The molecule has 0 saturated carbocycles. The van der Waals surface area contributed by atoms with Crippen LogP contribution >= 0.6 is 0 Å². The van der Waals surface area contributed by atoms with Crippen LogP contribution in [0.1, 0.15) is 53.9 Å². The van der Waals surface area contributed by atoms with E-state index >= 15 is 0 Å². The monoisotopic (exact) mass is 169 g/mol. The molecule has 1 radical (unpaired) electrons. The Hall–Kier alpha value is 0. The summed E-state index contributed by atoms with van der Waals surface area (Å²) in [6, 6.07) is 0. The van der Waals surface area contributed by atoms with Crippen LogP contribution in [0.15, 0.2) is 0 Å². The molecular weight excluding hydrogens is 144 g/mol. The second-order valence-electron chi connectivity index (χ2n) is 4.79. The maximum Gasteiger partial charge on any atom is -0.0326 e. The van der Waals surface area contributed by atoms with Crippen molar-refractivity contribution in [1.82, 2.24) is 0 Å². The van der Waals surface area contributed by atoms with Crippen LogP contribution in [0.5, 0.6) is 0 Å². The molecule has 0 nitrogen and oxygen atoms in total. The van der Waals surface area contributed by atoms with Gasteiger partial charge in [-0.15, -0.1) is 0 Å². The van der Waals surface area contributed by atoms with E-state index in [1.165, 1.54) is 12.8 Å². The molecule has 0 amide bonds. The zero-order chi connectivity index (χ0) is 9.78. The summed E-state index contributed by atoms with van der Waals surface area (Å²) >= 11 is 0. The van der Waals surface area contributed by atoms with Crippen molar-refractivity contribution in [2.24, 2.45) is 17.3 Å². The van der Waals surface area contributed by atoms with Crippen LogP contribution in [-0.2, 0) is 0 Å². The van der Waals surface area contributed by atoms with Crippen molar-refractivity contribution >= 4 is 0 Å². The first-order chi connectivity index (χ1) is 5.45. The zero-order valence-corrected chi connectivity index (χ0v) is 9.48. The second-order valence-corrected chi connectivity index (χ2v) is 4.79. The third-order valence-corrected chi connectivity index (χ3v) is 3.44. The summed E-state index contributed by atoms with van der Waals surface area (Å²) in [5, 5.41) is 0. The lowest BCUT2D eigenvalue weighted by atomic mass is 9.70. The molecule has 73 valence electrons. The summed E-state index contributed by atoms with van der Waals surface area (Å²) in [5.74, 6) is 1.54. The summed E-state index contributed by atoms with van der Waals surface area (Å²) < 4.78 is 0. The van der Waals surface area contributed by atoms with E-state index in [0.717, 1.165) is 18.3 Å². The van der Waals surface area contributed by atoms with Crippen LogP contribution in [0.2, 0.25) is 0 Å². The molecular formula is C12H25. The molecule has 0 rings (SSSR count). The minimum atomic E-state index is 0.492. The predicted molar refractivity (Wildman–Crippen MR) is 57.0 cm³/mol. The maximum absolute atomic E-state index is 3.98. The highest BCUT2D eigenvalue weighted by Gasteiger charge is 2.27. The molecule has 12 heavy (non-hydrogen) atoms. The van der Waals surface area contributed by atoms with Gasteiger partial charge in [0.05, 0.1) is 0 Å². The lowest BCUT2D eigenvalue weighted by Crippen LogP contribution is -2.26. The molecule has 2 unspecified atom stereocenters. The Morgan fingerprint density at radius 3 is 2.08 bits per heavy atom. The summed E-state index contributed by atoms with van der Waals surface area (Å²) in [6.45, 7) is 15.7. The van der Waals surface area contributed by atoms with Crippen LogP contribution in [0.25, 0.3) is 0 Å². The number of rotatable bonds is 5. The first-order valence-corrected chi connectivity index (χ1v) is 5.25. The van der Waals surface area contributed by atoms with E-state index in [0.29, 0.717) is 5.41 Å². The maximum atomic E-state index is 3.98. The Labute approximate surface area is 78.8 Å². The van der Waals surface area contributed by atoms with Crippen molar-refractivity contribution in [3.8, 4) is 0 Å². The third-order valence-electron chi connectivity index (χ3n) is 3.44.